The van der Waals surface area contributed by atoms with Crippen LogP contribution in [0.1, 0.15) is 33.6 Å². The Morgan fingerprint density at radius 3 is 2.21 bits per heavy atom. The molecule has 0 unspecified atom stereocenters. The van der Waals surface area contributed by atoms with Crippen molar-refractivity contribution in [2.75, 3.05) is 58.9 Å². The van der Waals surface area contributed by atoms with E-state index >= 15 is 0 Å². The van der Waals surface area contributed by atoms with Crippen LogP contribution < -0.4 is 5.32 Å². The fraction of sp³-hybridized carbons (Fsp3) is 0.882. The van der Waals surface area contributed by atoms with Gasteiger partial charge in [0.05, 0.1) is 6.54 Å². The molecule has 2 aliphatic heterocycles. The molecule has 0 spiro atoms. The predicted octanol–water partition coefficient (Wildman–Crippen LogP) is 1.47. The second-order valence-corrected chi connectivity index (χ2v) is 6.75. The van der Waals surface area contributed by atoms with Gasteiger partial charge in [-0.05, 0) is 38.8 Å². The number of amides is 1. The van der Waals surface area contributed by atoms with Gasteiger partial charge < -0.3 is 20.0 Å². The Morgan fingerprint density at radius 2 is 1.67 bits per heavy atom. The first-order valence-corrected chi connectivity index (χ1v) is 9.11. The topological polar surface area (TPSA) is 51.2 Å². The number of carbonyl (C=O) groups is 1. The number of nitrogens with zero attached hydrogens (tertiary/aromatic N) is 4. The zero-order valence-corrected chi connectivity index (χ0v) is 17.8. The number of aliphatic imine (C=N–C) groups is 1. The number of hydrogen-bond donors (Lipinski definition) is 1. The van der Waals surface area contributed by atoms with Crippen molar-refractivity contribution in [2.45, 2.75) is 33.6 Å². The molecule has 0 bridgehead atoms. The molecule has 2 fully saturated rings. The Labute approximate surface area is 164 Å². The Balaban J connectivity index is 0.00000288. The van der Waals surface area contributed by atoms with Crippen molar-refractivity contribution in [2.24, 2.45) is 10.9 Å². The lowest BCUT2D eigenvalue weighted by Gasteiger charge is -2.36. The minimum absolute atomic E-state index is 0. The smallest absolute Gasteiger partial charge is 0.219 e. The molecule has 0 radical (unpaired) electrons. The number of hydrogen-bond acceptors (Lipinski definition) is 3. The molecule has 0 aromatic carbocycles. The molecule has 2 aliphatic rings. The van der Waals surface area contributed by atoms with Gasteiger partial charge in [0.15, 0.2) is 5.96 Å². The molecule has 6 nitrogen and oxygen atoms in total. The van der Waals surface area contributed by atoms with Gasteiger partial charge >= 0.3 is 0 Å². The van der Waals surface area contributed by atoms with Gasteiger partial charge in [-0.2, -0.15) is 0 Å². The van der Waals surface area contributed by atoms with Gasteiger partial charge in [-0.15, -0.1) is 24.0 Å². The first-order valence-electron chi connectivity index (χ1n) is 9.11. The summed E-state index contributed by atoms with van der Waals surface area (Å²) in [6, 6.07) is 0. The minimum atomic E-state index is 0. The summed E-state index contributed by atoms with van der Waals surface area (Å²) in [5, 5.41) is 3.40. The molecular weight excluding hydrogens is 417 g/mol. The number of likely N-dealkylation sites (tertiary alicyclic amines) is 1. The molecule has 1 N–H and O–H groups in total. The summed E-state index contributed by atoms with van der Waals surface area (Å²) in [6.07, 6.45) is 2.63. The Bertz CT molecular complexity index is 402. The molecule has 7 heteroatoms. The SMILES string of the molecule is CCNC(=NCCN1CCC(C)CC1)N1CCN(C(C)=O)CC1.I. The maximum Gasteiger partial charge on any atom is 0.219 e. The molecule has 24 heavy (non-hydrogen) atoms. The maximum absolute atomic E-state index is 11.4. The molecule has 0 aromatic rings. The van der Waals surface area contributed by atoms with Gasteiger partial charge in [0.2, 0.25) is 5.91 Å². The fourth-order valence-electron chi connectivity index (χ4n) is 3.24. The largest absolute Gasteiger partial charge is 0.357 e. The minimum Gasteiger partial charge on any atom is -0.357 e. The number of rotatable bonds is 4. The number of guanidine groups is 1. The van der Waals surface area contributed by atoms with Gasteiger partial charge in [-0.1, -0.05) is 6.92 Å². The first-order chi connectivity index (χ1) is 11.1. The Morgan fingerprint density at radius 1 is 1.08 bits per heavy atom. The van der Waals surface area contributed by atoms with Crippen LogP contribution in [-0.2, 0) is 4.79 Å². The summed E-state index contributed by atoms with van der Waals surface area (Å²) in [6.45, 7) is 14.6. The van der Waals surface area contributed by atoms with E-state index in [1.54, 1.807) is 6.92 Å². The van der Waals surface area contributed by atoms with E-state index in [4.69, 9.17) is 4.99 Å². The van der Waals surface area contributed by atoms with Crippen LogP contribution in [0.5, 0.6) is 0 Å². The highest BCUT2D eigenvalue weighted by Gasteiger charge is 2.21. The third kappa shape index (κ3) is 6.74. The van der Waals surface area contributed by atoms with Crippen molar-refractivity contribution in [1.29, 1.82) is 0 Å². The predicted molar refractivity (Wildman–Crippen MR) is 110 cm³/mol. The monoisotopic (exact) mass is 451 g/mol. The normalized spacial score (nSPS) is 20.7. The van der Waals surface area contributed by atoms with Crippen LogP contribution in [-0.4, -0.2) is 85.5 Å². The highest BCUT2D eigenvalue weighted by Crippen LogP contribution is 2.15. The molecule has 2 saturated heterocycles. The highest BCUT2D eigenvalue weighted by atomic mass is 127. The lowest BCUT2D eigenvalue weighted by Crippen LogP contribution is -2.53. The zero-order chi connectivity index (χ0) is 16.7. The molecule has 1 amide bonds. The van der Waals surface area contributed by atoms with Gasteiger partial charge in [0.1, 0.15) is 0 Å². The Kier molecular flexibility index (Phi) is 9.95. The van der Waals surface area contributed by atoms with E-state index < -0.39 is 0 Å². The van der Waals surface area contributed by atoms with Gasteiger partial charge in [0, 0.05) is 46.2 Å². The first kappa shape index (κ1) is 21.5. The van der Waals surface area contributed by atoms with Gasteiger partial charge in [0.25, 0.3) is 0 Å². The number of nitrogens with one attached hydrogen (secondary N) is 1. The summed E-state index contributed by atoms with van der Waals surface area (Å²) < 4.78 is 0. The maximum atomic E-state index is 11.4. The molecule has 0 saturated carbocycles. The highest BCUT2D eigenvalue weighted by molar-refractivity contribution is 14.0. The molecule has 140 valence electrons. The van der Waals surface area contributed by atoms with Crippen molar-refractivity contribution < 1.29 is 4.79 Å². The van der Waals surface area contributed by atoms with Crippen molar-refractivity contribution in [3.05, 3.63) is 0 Å². The summed E-state index contributed by atoms with van der Waals surface area (Å²) in [5.41, 5.74) is 0. The van der Waals surface area contributed by atoms with Crippen molar-refractivity contribution in [3.63, 3.8) is 0 Å². The Hall–Kier alpha value is -0.570. The van der Waals surface area contributed by atoms with Crippen LogP contribution in [0.25, 0.3) is 0 Å². The van der Waals surface area contributed by atoms with Crippen molar-refractivity contribution >= 4 is 35.8 Å². The number of carbonyl (C=O) groups excluding carboxylic acids is 1. The van der Waals surface area contributed by atoms with E-state index in [0.29, 0.717) is 0 Å². The second-order valence-electron chi connectivity index (χ2n) is 6.75. The standard InChI is InChI=1S/C17H33N5O.HI/c1-4-18-17(22-13-11-21(12-14-22)16(3)23)19-7-10-20-8-5-15(2)6-9-20;/h15H,4-14H2,1-3H3,(H,18,19);1H. The van der Waals surface area contributed by atoms with Crippen LogP contribution in [0.15, 0.2) is 4.99 Å². The quantitative estimate of drug-likeness (QED) is 0.400. The summed E-state index contributed by atoms with van der Waals surface area (Å²) in [4.78, 5) is 23.0. The lowest BCUT2D eigenvalue weighted by atomic mass is 9.99. The van der Waals surface area contributed by atoms with E-state index in [0.717, 1.165) is 57.7 Å². The van der Waals surface area contributed by atoms with Gasteiger partial charge in [-0.3, -0.25) is 9.79 Å². The average Bonchev–Trinajstić information content (AvgIpc) is 2.56. The van der Waals surface area contributed by atoms with E-state index in [1.807, 2.05) is 4.90 Å². The van der Waals surface area contributed by atoms with Crippen LogP contribution in [0.2, 0.25) is 0 Å². The second kappa shape index (κ2) is 11.1. The van der Waals surface area contributed by atoms with Crippen LogP contribution >= 0.6 is 24.0 Å². The van der Waals surface area contributed by atoms with E-state index in [2.05, 4.69) is 29.0 Å². The van der Waals surface area contributed by atoms with E-state index in [9.17, 15) is 4.79 Å². The molecule has 2 rings (SSSR count). The van der Waals surface area contributed by atoms with Crippen LogP contribution in [0, 0.1) is 5.92 Å². The van der Waals surface area contributed by atoms with Crippen LogP contribution in [0.4, 0.5) is 0 Å². The number of piperazine rings is 1. The van der Waals surface area contributed by atoms with Crippen molar-refractivity contribution in [1.82, 2.24) is 20.0 Å². The third-order valence-corrected chi connectivity index (χ3v) is 4.91. The zero-order valence-electron chi connectivity index (χ0n) is 15.5. The van der Waals surface area contributed by atoms with Crippen LogP contribution in [0.3, 0.4) is 0 Å². The third-order valence-electron chi connectivity index (χ3n) is 4.91. The fourth-order valence-corrected chi connectivity index (χ4v) is 3.24. The van der Waals surface area contributed by atoms with E-state index in [-0.39, 0.29) is 29.9 Å². The number of halogens is 1. The molecular formula is C17H34IN5O. The van der Waals surface area contributed by atoms with Crippen molar-refractivity contribution in [3.8, 4) is 0 Å². The van der Waals surface area contributed by atoms with Gasteiger partial charge in [-0.25, -0.2) is 0 Å². The van der Waals surface area contributed by atoms with E-state index in [1.165, 1.54) is 25.9 Å². The molecule has 0 atom stereocenters. The summed E-state index contributed by atoms with van der Waals surface area (Å²) >= 11 is 0. The average molecular weight is 451 g/mol. The summed E-state index contributed by atoms with van der Waals surface area (Å²) in [7, 11) is 0. The molecule has 0 aromatic heterocycles. The molecule has 2 heterocycles. The number of piperidine rings is 1. The summed E-state index contributed by atoms with van der Waals surface area (Å²) in [5.74, 6) is 2.05. The lowest BCUT2D eigenvalue weighted by molar-refractivity contribution is -0.130. The molecule has 0 aliphatic carbocycles.